The summed E-state index contributed by atoms with van der Waals surface area (Å²) in [6.07, 6.45) is -2.85. The van der Waals surface area contributed by atoms with Gasteiger partial charge in [-0.1, -0.05) is 76.2 Å². The number of amides is 2. The molecule has 0 radical (unpaired) electrons. The number of ether oxygens (including phenoxy) is 1. The van der Waals surface area contributed by atoms with Gasteiger partial charge in [0.15, 0.2) is 17.8 Å². The van der Waals surface area contributed by atoms with E-state index in [4.69, 9.17) is 22.1 Å². The van der Waals surface area contributed by atoms with Crippen molar-refractivity contribution < 1.29 is 36.3 Å². The number of carbonyl (C=O) groups excluding carboxylic acids is 2. The lowest BCUT2D eigenvalue weighted by Gasteiger charge is -2.29. The minimum absolute atomic E-state index is 0.0102. The number of nitrogens with two attached hydrogens (primary N) is 1. The molecule has 2 atom stereocenters. The highest BCUT2D eigenvalue weighted by Crippen LogP contribution is 2.41. The Morgan fingerprint density at radius 3 is 2.39 bits per heavy atom. The van der Waals surface area contributed by atoms with E-state index in [1.165, 1.54) is 36.4 Å². The Morgan fingerprint density at radius 1 is 1.18 bits per heavy atom. The smallest absolute Gasteiger partial charge is 0.407 e. The summed E-state index contributed by atoms with van der Waals surface area (Å²) in [5.41, 5.74) is 6.08. The lowest BCUT2D eigenvalue weighted by Crippen LogP contribution is -2.45. The SMILES string of the molecule is C=C/C(=C\C)c1ccc(C2N=C(N)N(C(COC(=O)NC3(C(F)F)CC3)c3ccc(Cl)c(-n4ncnc4C(F)F)c3)C2=O)cc1F.CC(C)(C)C. The number of carbonyl (C=O) groups is 2. The van der Waals surface area contributed by atoms with Crippen molar-refractivity contribution in [3.63, 3.8) is 0 Å². The van der Waals surface area contributed by atoms with E-state index in [9.17, 15) is 27.2 Å². The molecule has 1 saturated carbocycles. The van der Waals surface area contributed by atoms with Crippen molar-refractivity contribution in [2.45, 2.75) is 77.9 Å². The molecule has 0 saturated heterocycles. The maximum Gasteiger partial charge on any atom is 0.407 e. The summed E-state index contributed by atoms with van der Waals surface area (Å²) >= 11 is 6.32. The Bertz CT molecular complexity index is 1830. The summed E-state index contributed by atoms with van der Waals surface area (Å²) in [7, 11) is 0. The number of hydrogen-bond acceptors (Lipinski definition) is 7. The van der Waals surface area contributed by atoms with E-state index in [1.807, 2.05) is 0 Å². The van der Waals surface area contributed by atoms with Crippen LogP contribution >= 0.6 is 11.6 Å². The van der Waals surface area contributed by atoms with Crippen molar-refractivity contribution >= 4 is 35.1 Å². The largest absolute Gasteiger partial charge is 0.447 e. The minimum atomic E-state index is -3.01. The van der Waals surface area contributed by atoms with Crippen molar-refractivity contribution in [1.29, 1.82) is 0 Å². The fraction of sp³-hybridized carbons (Fsp3) is 0.400. The molecule has 0 spiro atoms. The summed E-state index contributed by atoms with van der Waals surface area (Å²) in [6, 6.07) is 5.63. The molecule has 0 bridgehead atoms. The number of nitrogens with zero attached hydrogens (tertiary/aromatic N) is 5. The Balaban J connectivity index is 0.00000109. The Morgan fingerprint density at radius 2 is 1.84 bits per heavy atom. The van der Waals surface area contributed by atoms with Gasteiger partial charge in [0.2, 0.25) is 0 Å². The molecule has 2 aromatic carbocycles. The Kier molecular flexibility index (Phi) is 11.9. The fourth-order valence-corrected chi connectivity index (χ4v) is 5.27. The zero-order chi connectivity index (χ0) is 37.8. The Labute approximate surface area is 297 Å². The molecule has 51 heavy (non-hydrogen) atoms. The van der Waals surface area contributed by atoms with Gasteiger partial charge in [-0.2, -0.15) is 5.10 Å². The van der Waals surface area contributed by atoms with Gasteiger partial charge in [0.25, 0.3) is 18.8 Å². The van der Waals surface area contributed by atoms with E-state index in [1.54, 1.807) is 13.0 Å². The molecule has 2 aliphatic rings. The topological polar surface area (TPSA) is 128 Å². The third-order valence-electron chi connectivity index (χ3n) is 7.72. The predicted molar refractivity (Wildman–Crippen MR) is 183 cm³/mol. The molecule has 2 heterocycles. The van der Waals surface area contributed by atoms with Gasteiger partial charge in [0.05, 0.1) is 16.8 Å². The number of alkyl halides is 4. The number of allylic oxidation sites excluding steroid dienone is 3. The van der Waals surface area contributed by atoms with Crippen molar-refractivity contribution in [1.82, 2.24) is 25.0 Å². The standard InChI is InChI=1S/C30H27ClF5N7O3.C5H12/c1-3-15(4-2)18-7-5-17(11-20(18)32)23-26(44)42(28(37)40-23)22(13-46-29(45)41-30(9-10-30)27(35)36)16-6-8-19(31)21(12-16)43-25(24(33)34)38-14-39-43;1-5(2,3)4/h3-8,11-12,14,22-24,27H,1,9-10,13H2,2H3,(H2,37,40)(H,41,45);1-4H3/b15-4+;. The molecule has 2 amide bonds. The summed E-state index contributed by atoms with van der Waals surface area (Å²) in [5.74, 6) is -2.41. The molecule has 1 aliphatic carbocycles. The van der Waals surface area contributed by atoms with Crippen LogP contribution in [-0.2, 0) is 9.53 Å². The van der Waals surface area contributed by atoms with Gasteiger partial charge in [-0.3, -0.25) is 9.69 Å². The van der Waals surface area contributed by atoms with Crippen molar-refractivity contribution in [3.05, 3.63) is 94.8 Å². The van der Waals surface area contributed by atoms with Crippen LogP contribution in [0.1, 0.15) is 88.5 Å². The monoisotopic (exact) mass is 735 g/mol. The maximum atomic E-state index is 15.1. The number of halogens is 6. The highest BCUT2D eigenvalue weighted by Gasteiger charge is 2.53. The molecule has 1 aromatic heterocycles. The van der Waals surface area contributed by atoms with Crippen LogP contribution in [-0.4, -0.2) is 56.2 Å². The van der Waals surface area contributed by atoms with Gasteiger partial charge in [0, 0.05) is 5.56 Å². The van der Waals surface area contributed by atoms with E-state index >= 15 is 4.39 Å². The molecule has 3 aromatic rings. The van der Waals surface area contributed by atoms with Crippen molar-refractivity contribution in [2.24, 2.45) is 16.1 Å². The van der Waals surface area contributed by atoms with Gasteiger partial charge in [-0.05, 0) is 60.1 Å². The first-order chi connectivity index (χ1) is 23.9. The minimum Gasteiger partial charge on any atom is -0.447 e. The number of aliphatic imine (C=N–C) groups is 1. The van der Waals surface area contributed by atoms with Crippen LogP contribution < -0.4 is 11.1 Å². The summed E-state index contributed by atoms with van der Waals surface area (Å²) in [6.45, 7) is 13.5. The summed E-state index contributed by atoms with van der Waals surface area (Å²) in [5, 5.41) is 5.97. The van der Waals surface area contributed by atoms with Gasteiger partial charge in [-0.25, -0.2) is 41.4 Å². The van der Waals surface area contributed by atoms with E-state index in [-0.39, 0.29) is 46.2 Å². The second-order valence-electron chi connectivity index (χ2n) is 13.5. The molecule has 10 nitrogen and oxygen atoms in total. The number of rotatable bonds is 11. The average molecular weight is 736 g/mol. The molecule has 16 heteroatoms. The number of guanidine groups is 1. The highest BCUT2D eigenvalue weighted by molar-refractivity contribution is 6.32. The molecule has 5 rings (SSSR count). The van der Waals surface area contributed by atoms with Crippen LogP contribution in [0.15, 0.2) is 66.4 Å². The third kappa shape index (κ3) is 9.12. The molecular formula is C35H39ClF5N7O3. The van der Waals surface area contributed by atoms with Crippen LogP contribution in [0.4, 0.5) is 26.7 Å². The van der Waals surface area contributed by atoms with E-state index in [0.717, 1.165) is 22.0 Å². The average Bonchev–Trinajstić information content (AvgIpc) is 3.55. The van der Waals surface area contributed by atoms with Gasteiger partial charge in [-0.15, -0.1) is 0 Å². The maximum absolute atomic E-state index is 15.1. The van der Waals surface area contributed by atoms with Crippen LogP contribution in [0.5, 0.6) is 0 Å². The van der Waals surface area contributed by atoms with Gasteiger partial charge < -0.3 is 15.8 Å². The summed E-state index contributed by atoms with van der Waals surface area (Å²) < 4.78 is 75.3. The van der Waals surface area contributed by atoms with Crippen LogP contribution in [0.2, 0.25) is 5.02 Å². The van der Waals surface area contributed by atoms with E-state index in [2.05, 4.69) is 54.7 Å². The molecule has 2 unspecified atom stereocenters. The zero-order valence-corrected chi connectivity index (χ0v) is 29.4. The zero-order valence-electron chi connectivity index (χ0n) is 28.6. The normalized spacial score (nSPS) is 17.5. The molecule has 274 valence electrons. The molecular weight excluding hydrogens is 697 g/mol. The van der Waals surface area contributed by atoms with Crippen molar-refractivity contribution in [3.8, 4) is 5.69 Å². The Hall–Kier alpha value is -4.79. The highest BCUT2D eigenvalue weighted by atomic mass is 35.5. The first-order valence-corrected chi connectivity index (χ1v) is 16.2. The second-order valence-corrected chi connectivity index (χ2v) is 13.9. The second kappa shape index (κ2) is 15.6. The lowest BCUT2D eigenvalue weighted by atomic mass is 9.99. The number of nitrogens with one attached hydrogen (secondary N) is 1. The van der Waals surface area contributed by atoms with Crippen molar-refractivity contribution in [2.75, 3.05) is 6.61 Å². The fourth-order valence-electron chi connectivity index (χ4n) is 5.07. The van der Waals surface area contributed by atoms with Gasteiger partial charge >= 0.3 is 6.09 Å². The first-order valence-electron chi connectivity index (χ1n) is 15.9. The number of alkyl carbamates (subject to hydrolysis) is 1. The quantitative estimate of drug-likeness (QED) is 0.151. The number of aromatic nitrogens is 3. The first kappa shape index (κ1) is 39.0. The van der Waals surface area contributed by atoms with Crippen LogP contribution in [0.3, 0.4) is 0 Å². The number of hydrogen-bond donors (Lipinski definition) is 2. The predicted octanol–water partition coefficient (Wildman–Crippen LogP) is 8.10. The number of benzene rings is 2. The molecule has 1 aliphatic heterocycles. The third-order valence-corrected chi connectivity index (χ3v) is 8.04. The van der Waals surface area contributed by atoms with E-state index in [0.29, 0.717) is 11.0 Å². The van der Waals surface area contributed by atoms with Crippen LogP contribution in [0.25, 0.3) is 11.3 Å². The molecule has 1 fully saturated rings. The summed E-state index contributed by atoms with van der Waals surface area (Å²) in [4.78, 5) is 35.2. The van der Waals surface area contributed by atoms with E-state index < -0.39 is 60.7 Å². The van der Waals surface area contributed by atoms with Crippen LogP contribution in [0, 0.1) is 11.2 Å². The lowest BCUT2D eigenvalue weighted by molar-refractivity contribution is -0.129. The van der Waals surface area contributed by atoms with Gasteiger partial charge in [0.1, 0.15) is 24.3 Å². The molecule has 3 N–H and O–H groups in total.